The van der Waals surface area contributed by atoms with E-state index in [2.05, 4.69) is 15.5 Å². The third-order valence-corrected chi connectivity index (χ3v) is 2.85. The van der Waals surface area contributed by atoms with Gasteiger partial charge >= 0.3 is 0 Å². The van der Waals surface area contributed by atoms with Crippen molar-refractivity contribution in [3.8, 4) is 0 Å². The lowest BCUT2D eigenvalue weighted by atomic mass is 10.2. The summed E-state index contributed by atoms with van der Waals surface area (Å²) in [6.07, 6.45) is 1.46. The fourth-order valence-corrected chi connectivity index (χ4v) is 1.78. The molecule has 0 spiro atoms. The SMILES string of the molecule is Cc1[nH]ncc1C(=O)N(C)CC(=O)Nc1ccccc1. The Balaban J connectivity index is 1.94. The van der Waals surface area contributed by atoms with Crippen LogP contribution in [0.25, 0.3) is 0 Å². The lowest BCUT2D eigenvalue weighted by Crippen LogP contribution is -2.35. The maximum absolute atomic E-state index is 12.1. The van der Waals surface area contributed by atoms with Crippen LogP contribution in [0.2, 0.25) is 0 Å². The van der Waals surface area contributed by atoms with Gasteiger partial charge in [-0.2, -0.15) is 5.10 Å². The summed E-state index contributed by atoms with van der Waals surface area (Å²) in [4.78, 5) is 25.3. The van der Waals surface area contributed by atoms with Crippen LogP contribution >= 0.6 is 0 Å². The first-order valence-corrected chi connectivity index (χ1v) is 6.18. The van der Waals surface area contributed by atoms with E-state index in [0.29, 0.717) is 16.9 Å². The summed E-state index contributed by atoms with van der Waals surface area (Å²) in [6.45, 7) is 1.75. The Bertz CT molecular complexity index is 607. The number of aromatic amines is 1. The van der Waals surface area contributed by atoms with Gasteiger partial charge in [-0.3, -0.25) is 14.7 Å². The maximum Gasteiger partial charge on any atom is 0.257 e. The van der Waals surface area contributed by atoms with Gasteiger partial charge in [-0.05, 0) is 19.1 Å². The number of nitrogens with one attached hydrogen (secondary N) is 2. The van der Waals surface area contributed by atoms with Crippen molar-refractivity contribution in [3.63, 3.8) is 0 Å². The number of rotatable bonds is 4. The summed E-state index contributed by atoms with van der Waals surface area (Å²) < 4.78 is 0. The highest BCUT2D eigenvalue weighted by Gasteiger charge is 2.17. The number of benzene rings is 1. The average Bonchev–Trinajstić information content (AvgIpc) is 2.85. The number of aromatic nitrogens is 2. The zero-order valence-corrected chi connectivity index (χ0v) is 11.4. The van der Waals surface area contributed by atoms with E-state index < -0.39 is 0 Å². The zero-order chi connectivity index (χ0) is 14.5. The van der Waals surface area contributed by atoms with E-state index in [1.165, 1.54) is 11.1 Å². The molecule has 6 heteroatoms. The second-order valence-corrected chi connectivity index (χ2v) is 4.48. The smallest absolute Gasteiger partial charge is 0.257 e. The Labute approximate surface area is 116 Å². The summed E-state index contributed by atoms with van der Waals surface area (Å²) in [5.74, 6) is -0.479. The Kier molecular flexibility index (Phi) is 4.14. The predicted octanol–water partition coefficient (Wildman–Crippen LogP) is 1.43. The topological polar surface area (TPSA) is 78.1 Å². The number of H-pyrrole nitrogens is 1. The van der Waals surface area contributed by atoms with E-state index in [-0.39, 0.29) is 18.4 Å². The number of hydrogen-bond acceptors (Lipinski definition) is 3. The molecule has 0 atom stereocenters. The van der Waals surface area contributed by atoms with Gasteiger partial charge in [0.05, 0.1) is 18.3 Å². The molecule has 0 saturated heterocycles. The molecule has 2 N–H and O–H groups in total. The number of aryl methyl sites for hydroxylation is 1. The van der Waals surface area contributed by atoms with Gasteiger partial charge in [0.2, 0.25) is 5.91 Å². The van der Waals surface area contributed by atoms with Crippen LogP contribution in [0.1, 0.15) is 16.1 Å². The molecule has 1 heterocycles. The van der Waals surface area contributed by atoms with E-state index in [1.54, 1.807) is 26.1 Å². The van der Waals surface area contributed by atoms with Gasteiger partial charge in [-0.25, -0.2) is 0 Å². The number of carbonyl (C=O) groups is 2. The first kappa shape index (κ1) is 13.8. The molecule has 0 saturated carbocycles. The molecule has 0 fully saturated rings. The van der Waals surface area contributed by atoms with Crippen LogP contribution in [-0.4, -0.2) is 40.5 Å². The molecule has 2 amide bonds. The minimum atomic E-state index is -0.242. The first-order valence-electron chi connectivity index (χ1n) is 6.18. The standard InChI is InChI=1S/C14H16N4O2/c1-10-12(8-15-17-10)14(20)18(2)9-13(19)16-11-6-4-3-5-7-11/h3-8H,9H2,1-2H3,(H,15,17)(H,16,19). The molecular formula is C14H16N4O2. The third-order valence-electron chi connectivity index (χ3n) is 2.85. The van der Waals surface area contributed by atoms with E-state index in [1.807, 2.05) is 18.2 Å². The molecule has 20 heavy (non-hydrogen) atoms. The molecule has 104 valence electrons. The first-order chi connectivity index (χ1) is 9.58. The van der Waals surface area contributed by atoms with Crippen LogP contribution in [0.5, 0.6) is 0 Å². The van der Waals surface area contributed by atoms with Crippen LogP contribution in [-0.2, 0) is 4.79 Å². The Hall–Kier alpha value is -2.63. The molecule has 0 radical (unpaired) electrons. The number of anilines is 1. The highest BCUT2D eigenvalue weighted by Crippen LogP contribution is 2.07. The zero-order valence-electron chi connectivity index (χ0n) is 11.4. The van der Waals surface area contributed by atoms with Crippen LogP contribution in [0.3, 0.4) is 0 Å². The molecule has 2 aromatic rings. The Morgan fingerprint density at radius 1 is 1.30 bits per heavy atom. The van der Waals surface area contributed by atoms with Gasteiger partial charge < -0.3 is 10.2 Å². The second-order valence-electron chi connectivity index (χ2n) is 4.48. The molecule has 0 aliphatic rings. The largest absolute Gasteiger partial charge is 0.332 e. The van der Waals surface area contributed by atoms with Crippen molar-refractivity contribution < 1.29 is 9.59 Å². The van der Waals surface area contributed by atoms with Crippen molar-refractivity contribution in [3.05, 3.63) is 47.8 Å². The van der Waals surface area contributed by atoms with Gasteiger partial charge in [0.1, 0.15) is 0 Å². The summed E-state index contributed by atoms with van der Waals surface area (Å²) in [7, 11) is 1.58. The Morgan fingerprint density at radius 3 is 2.60 bits per heavy atom. The number of nitrogens with zero attached hydrogens (tertiary/aromatic N) is 2. The van der Waals surface area contributed by atoms with E-state index >= 15 is 0 Å². The van der Waals surface area contributed by atoms with Gasteiger partial charge in [-0.15, -0.1) is 0 Å². The number of likely N-dealkylation sites (N-methyl/N-ethyl adjacent to an activating group) is 1. The third kappa shape index (κ3) is 3.23. The minimum Gasteiger partial charge on any atom is -0.332 e. The summed E-state index contributed by atoms with van der Waals surface area (Å²) >= 11 is 0. The minimum absolute atomic E-state index is 0.0155. The van der Waals surface area contributed by atoms with Crippen LogP contribution in [0.4, 0.5) is 5.69 Å². The van der Waals surface area contributed by atoms with Crippen LogP contribution in [0.15, 0.2) is 36.5 Å². The normalized spacial score (nSPS) is 10.1. The highest BCUT2D eigenvalue weighted by molar-refractivity contribution is 5.99. The summed E-state index contributed by atoms with van der Waals surface area (Å²) in [5, 5.41) is 9.23. The number of amides is 2. The van der Waals surface area contributed by atoms with Crippen molar-refractivity contribution in [2.24, 2.45) is 0 Å². The van der Waals surface area contributed by atoms with Crippen molar-refractivity contribution in [2.75, 3.05) is 18.9 Å². The Morgan fingerprint density at radius 2 is 2.00 bits per heavy atom. The fourth-order valence-electron chi connectivity index (χ4n) is 1.78. The number of hydrogen-bond donors (Lipinski definition) is 2. The molecule has 1 aromatic heterocycles. The highest BCUT2D eigenvalue weighted by atomic mass is 16.2. The van der Waals surface area contributed by atoms with Crippen LogP contribution in [0, 0.1) is 6.92 Å². The molecular weight excluding hydrogens is 256 g/mol. The lowest BCUT2D eigenvalue weighted by molar-refractivity contribution is -0.116. The molecule has 0 unspecified atom stereocenters. The van der Waals surface area contributed by atoms with Crippen molar-refractivity contribution in [2.45, 2.75) is 6.92 Å². The molecule has 0 aliphatic heterocycles. The summed E-state index contributed by atoms with van der Waals surface area (Å²) in [6, 6.07) is 9.12. The molecule has 0 aliphatic carbocycles. The maximum atomic E-state index is 12.1. The van der Waals surface area contributed by atoms with Gasteiger partial charge in [0, 0.05) is 18.4 Å². The van der Waals surface area contributed by atoms with Crippen LogP contribution < -0.4 is 5.32 Å². The second kappa shape index (κ2) is 6.01. The van der Waals surface area contributed by atoms with Gasteiger partial charge in [-0.1, -0.05) is 18.2 Å². The number of para-hydroxylation sites is 1. The molecule has 6 nitrogen and oxygen atoms in total. The summed E-state index contributed by atoms with van der Waals surface area (Å²) in [5.41, 5.74) is 1.86. The number of carbonyl (C=O) groups excluding carboxylic acids is 2. The van der Waals surface area contributed by atoms with E-state index in [4.69, 9.17) is 0 Å². The van der Waals surface area contributed by atoms with Gasteiger partial charge in [0.25, 0.3) is 5.91 Å². The predicted molar refractivity (Wildman–Crippen MR) is 75.4 cm³/mol. The van der Waals surface area contributed by atoms with Crippen molar-refractivity contribution >= 4 is 17.5 Å². The van der Waals surface area contributed by atoms with Crippen molar-refractivity contribution in [1.29, 1.82) is 0 Å². The lowest BCUT2D eigenvalue weighted by Gasteiger charge is -2.16. The molecule has 2 rings (SSSR count). The molecule has 1 aromatic carbocycles. The monoisotopic (exact) mass is 272 g/mol. The fraction of sp³-hybridized carbons (Fsp3) is 0.214. The average molecular weight is 272 g/mol. The van der Waals surface area contributed by atoms with Crippen molar-refractivity contribution in [1.82, 2.24) is 15.1 Å². The van der Waals surface area contributed by atoms with E-state index in [9.17, 15) is 9.59 Å². The quantitative estimate of drug-likeness (QED) is 0.883. The molecule has 0 bridgehead atoms. The van der Waals surface area contributed by atoms with E-state index in [0.717, 1.165) is 0 Å². The van der Waals surface area contributed by atoms with Gasteiger partial charge in [0.15, 0.2) is 0 Å².